The molecule has 0 radical (unpaired) electrons. The predicted octanol–water partition coefficient (Wildman–Crippen LogP) is 2.64. The topological polar surface area (TPSA) is 54.4 Å². The van der Waals surface area contributed by atoms with Gasteiger partial charge in [0.05, 0.1) is 0 Å². The Morgan fingerprint density at radius 2 is 1.79 bits per heavy atom. The molecular formula is C11H20O3. The summed E-state index contributed by atoms with van der Waals surface area (Å²) < 4.78 is 0. The molecule has 0 spiro atoms. The molecule has 1 unspecified atom stereocenters. The van der Waals surface area contributed by atoms with Crippen molar-refractivity contribution in [2.45, 2.75) is 52.9 Å². The maximum Gasteiger partial charge on any atom is 0.316 e. The summed E-state index contributed by atoms with van der Waals surface area (Å²) in [7, 11) is 0. The normalized spacial score (nSPS) is 14.8. The second-order valence-corrected chi connectivity index (χ2v) is 4.00. The van der Waals surface area contributed by atoms with Crippen molar-refractivity contribution < 1.29 is 14.7 Å². The largest absolute Gasteiger partial charge is 0.481 e. The number of carbonyl (C=O) groups excluding carboxylic acids is 1. The standard InChI is InChI=1S/C11H20O3/c1-4-5-6-7-8-11(3,9(2)12)10(13)14/h4-8H2,1-3H3,(H,13,14). The van der Waals surface area contributed by atoms with Gasteiger partial charge in [0, 0.05) is 0 Å². The second-order valence-electron chi connectivity index (χ2n) is 4.00. The lowest BCUT2D eigenvalue weighted by atomic mass is 9.81. The first kappa shape index (κ1) is 13.1. The van der Waals surface area contributed by atoms with Gasteiger partial charge in [0.25, 0.3) is 0 Å². The van der Waals surface area contributed by atoms with Crippen LogP contribution in [0.25, 0.3) is 0 Å². The number of carboxylic acid groups (broad SMARTS) is 1. The molecule has 0 heterocycles. The van der Waals surface area contributed by atoms with Gasteiger partial charge >= 0.3 is 5.97 Å². The minimum atomic E-state index is -1.17. The van der Waals surface area contributed by atoms with Crippen LogP contribution in [0, 0.1) is 5.41 Å². The average molecular weight is 200 g/mol. The van der Waals surface area contributed by atoms with Crippen molar-refractivity contribution in [3.05, 3.63) is 0 Å². The maximum absolute atomic E-state index is 11.2. The zero-order valence-corrected chi connectivity index (χ0v) is 9.30. The summed E-state index contributed by atoms with van der Waals surface area (Å²) >= 11 is 0. The van der Waals surface area contributed by atoms with E-state index in [0.29, 0.717) is 6.42 Å². The van der Waals surface area contributed by atoms with Crippen LogP contribution >= 0.6 is 0 Å². The van der Waals surface area contributed by atoms with E-state index in [4.69, 9.17) is 5.11 Å². The summed E-state index contributed by atoms with van der Waals surface area (Å²) in [6, 6.07) is 0. The molecule has 0 aromatic carbocycles. The fourth-order valence-corrected chi connectivity index (χ4v) is 1.34. The first-order valence-electron chi connectivity index (χ1n) is 5.19. The SMILES string of the molecule is CCCCCCC(C)(C(C)=O)C(=O)O. The molecule has 0 amide bonds. The molecule has 0 aliphatic carbocycles. The highest BCUT2D eigenvalue weighted by molar-refractivity contribution is 6.01. The van der Waals surface area contributed by atoms with Gasteiger partial charge in [-0.25, -0.2) is 0 Å². The molecule has 3 heteroatoms. The van der Waals surface area contributed by atoms with Crippen molar-refractivity contribution in [3.8, 4) is 0 Å². The number of unbranched alkanes of at least 4 members (excludes halogenated alkanes) is 3. The smallest absolute Gasteiger partial charge is 0.316 e. The van der Waals surface area contributed by atoms with Gasteiger partial charge in [-0.05, 0) is 20.3 Å². The Hall–Kier alpha value is -0.860. The van der Waals surface area contributed by atoms with E-state index in [9.17, 15) is 9.59 Å². The number of carbonyl (C=O) groups is 2. The van der Waals surface area contributed by atoms with Crippen molar-refractivity contribution >= 4 is 11.8 Å². The quantitative estimate of drug-likeness (QED) is 0.507. The molecule has 82 valence electrons. The summed E-state index contributed by atoms with van der Waals surface area (Å²) in [5, 5.41) is 8.94. The van der Waals surface area contributed by atoms with E-state index in [1.165, 1.54) is 13.8 Å². The van der Waals surface area contributed by atoms with Crippen LogP contribution in [0.2, 0.25) is 0 Å². The van der Waals surface area contributed by atoms with E-state index in [1.807, 2.05) is 0 Å². The van der Waals surface area contributed by atoms with E-state index in [-0.39, 0.29) is 5.78 Å². The van der Waals surface area contributed by atoms with Gasteiger partial charge in [-0.15, -0.1) is 0 Å². The van der Waals surface area contributed by atoms with Crippen molar-refractivity contribution in [2.24, 2.45) is 5.41 Å². The van der Waals surface area contributed by atoms with E-state index in [0.717, 1.165) is 25.7 Å². The lowest BCUT2D eigenvalue weighted by molar-refractivity contribution is -0.153. The fraction of sp³-hybridized carbons (Fsp3) is 0.818. The van der Waals surface area contributed by atoms with Crippen molar-refractivity contribution in [1.82, 2.24) is 0 Å². The molecule has 0 aromatic rings. The Morgan fingerprint density at radius 1 is 1.21 bits per heavy atom. The van der Waals surface area contributed by atoms with Crippen molar-refractivity contribution in [1.29, 1.82) is 0 Å². The van der Waals surface area contributed by atoms with Crippen LogP contribution in [0.1, 0.15) is 52.9 Å². The third-order valence-electron chi connectivity index (χ3n) is 2.78. The molecule has 0 aliphatic heterocycles. The number of hydrogen-bond acceptors (Lipinski definition) is 2. The predicted molar refractivity (Wildman–Crippen MR) is 55.2 cm³/mol. The molecule has 1 atom stereocenters. The van der Waals surface area contributed by atoms with Crippen LogP contribution < -0.4 is 0 Å². The molecule has 0 saturated carbocycles. The highest BCUT2D eigenvalue weighted by Gasteiger charge is 2.37. The van der Waals surface area contributed by atoms with Crippen LogP contribution in [0.15, 0.2) is 0 Å². The molecule has 0 bridgehead atoms. The number of ketones is 1. The van der Waals surface area contributed by atoms with Crippen LogP contribution in [0.3, 0.4) is 0 Å². The number of carboxylic acids is 1. The molecule has 0 rings (SSSR count). The molecule has 0 aliphatic rings. The van der Waals surface area contributed by atoms with Crippen LogP contribution in [0.4, 0.5) is 0 Å². The minimum Gasteiger partial charge on any atom is -0.481 e. The Bertz CT molecular complexity index is 195. The number of rotatable bonds is 7. The summed E-state index contributed by atoms with van der Waals surface area (Å²) in [4.78, 5) is 22.1. The Kier molecular flexibility index (Phi) is 5.43. The van der Waals surface area contributed by atoms with Crippen LogP contribution in [0.5, 0.6) is 0 Å². The third-order valence-corrected chi connectivity index (χ3v) is 2.78. The minimum absolute atomic E-state index is 0.249. The summed E-state index contributed by atoms with van der Waals surface area (Å²) in [5.41, 5.74) is -1.17. The molecular weight excluding hydrogens is 180 g/mol. The monoisotopic (exact) mass is 200 g/mol. The van der Waals surface area contributed by atoms with Crippen molar-refractivity contribution in [2.75, 3.05) is 0 Å². The summed E-state index contributed by atoms with van der Waals surface area (Å²) in [6.45, 7) is 4.97. The molecule has 3 nitrogen and oxygen atoms in total. The molecule has 1 N–H and O–H groups in total. The Labute approximate surface area is 85.5 Å². The first-order chi connectivity index (χ1) is 6.45. The van der Waals surface area contributed by atoms with Crippen molar-refractivity contribution in [3.63, 3.8) is 0 Å². The van der Waals surface area contributed by atoms with E-state index in [1.54, 1.807) is 0 Å². The lowest BCUT2D eigenvalue weighted by Crippen LogP contribution is -2.34. The highest BCUT2D eigenvalue weighted by Crippen LogP contribution is 2.26. The van der Waals surface area contributed by atoms with Gasteiger partial charge in [0.15, 0.2) is 0 Å². The van der Waals surface area contributed by atoms with Crippen LogP contribution in [-0.4, -0.2) is 16.9 Å². The lowest BCUT2D eigenvalue weighted by Gasteiger charge is -2.21. The van der Waals surface area contributed by atoms with Gasteiger partial charge < -0.3 is 5.11 Å². The molecule has 0 saturated heterocycles. The molecule has 14 heavy (non-hydrogen) atoms. The Balaban J connectivity index is 4.12. The maximum atomic E-state index is 11.2. The first-order valence-corrected chi connectivity index (χ1v) is 5.19. The van der Waals surface area contributed by atoms with Crippen LogP contribution in [-0.2, 0) is 9.59 Å². The average Bonchev–Trinajstić information content (AvgIpc) is 2.11. The van der Waals surface area contributed by atoms with E-state index in [2.05, 4.69) is 6.92 Å². The second kappa shape index (κ2) is 5.78. The van der Waals surface area contributed by atoms with Gasteiger partial charge in [-0.1, -0.05) is 32.6 Å². The van der Waals surface area contributed by atoms with E-state index < -0.39 is 11.4 Å². The zero-order chi connectivity index (χ0) is 11.2. The number of hydrogen-bond donors (Lipinski definition) is 1. The number of Topliss-reactive ketones (excluding diaryl/α,β-unsaturated/α-hetero) is 1. The zero-order valence-electron chi connectivity index (χ0n) is 9.30. The summed E-state index contributed by atoms with van der Waals surface area (Å²) in [5.74, 6) is -1.25. The van der Waals surface area contributed by atoms with Gasteiger partial charge in [-0.2, -0.15) is 0 Å². The van der Waals surface area contributed by atoms with Gasteiger partial charge in [0.2, 0.25) is 0 Å². The molecule has 0 fully saturated rings. The van der Waals surface area contributed by atoms with E-state index >= 15 is 0 Å². The third kappa shape index (κ3) is 3.48. The number of aliphatic carboxylic acids is 1. The van der Waals surface area contributed by atoms with Gasteiger partial charge in [0.1, 0.15) is 11.2 Å². The summed E-state index contributed by atoms with van der Waals surface area (Å²) in [6.07, 6.45) is 4.50. The molecule has 0 aromatic heterocycles. The fourth-order valence-electron chi connectivity index (χ4n) is 1.34. The highest BCUT2D eigenvalue weighted by atomic mass is 16.4. The Morgan fingerprint density at radius 3 is 2.14 bits per heavy atom. The van der Waals surface area contributed by atoms with Gasteiger partial charge in [-0.3, -0.25) is 9.59 Å².